The monoisotopic (exact) mass is 380 g/mol. The van der Waals surface area contributed by atoms with Crippen molar-refractivity contribution in [3.63, 3.8) is 0 Å². The van der Waals surface area contributed by atoms with Gasteiger partial charge >= 0.3 is 5.97 Å². The van der Waals surface area contributed by atoms with Gasteiger partial charge in [0.15, 0.2) is 0 Å². The van der Waals surface area contributed by atoms with E-state index >= 15 is 0 Å². The van der Waals surface area contributed by atoms with Gasteiger partial charge < -0.3 is 15.3 Å². The highest BCUT2D eigenvalue weighted by molar-refractivity contribution is 5.94. The number of halogens is 1. The molecular formula is C20H29ClN2O3. The van der Waals surface area contributed by atoms with Gasteiger partial charge in [0.1, 0.15) is 0 Å². The van der Waals surface area contributed by atoms with E-state index < -0.39 is 5.97 Å². The summed E-state index contributed by atoms with van der Waals surface area (Å²) in [5, 5.41) is 12.5. The van der Waals surface area contributed by atoms with Crippen molar-refractivity contribution in [2.75, 3.05) is 20.1 Å². The number of aliphatic carboxylic acids is 1. The van der Waals surface area contributed by atoms with Crippen LogP contribution in [0.15, 0.2) is 24.3 Å². The average Bonchev–Trinajstić information content (AvgIpc) is 2.67. The number of amides is 1. The van der Waals surface area contributed by atoms with E-state index in [-0.39, 0.29) is 30.3 Å². The number of carboxylic acid groups (broad SMARTS) is 1. The molecule has 1 saturated heterocycles. The van der Waals surface area contributed by atoms with Crippen molar-refractivity contribution in [2.24, 2.45) is 5.92 Å². The van der Waals surface area contributed by atoms with E-state index in [1.165, 1.54) is 5.56 Å². The summed E-state index contributed by atoms with van der Waals surface area (Å²) in [7, 11) is 1.84. The van der Waals surface area contributed by atoms with Crippen molar-refractivity contribution in [2.45, 2.75) is 50.5 Å². The first-order valence-electron chi connectivity index (χ1n) is 9.37. The van der Waals surface area contributed by atoms with E-state index in [1.807, 2.05) is 19.2 Å². The predicted molar refractivity (Wildman–Crippen MR) is 104 cm³/mol. The van der Waals surface area contributed by atoms with Gasteiger partial charge in [0.05, 0.1) is 5.92 Å². The Bertz CT molecular complexity index is 606. The third-order valence-electron chi connectivity index (χ3n) is 5.88. The average molecular weight is 381 g/mol. The smallest absolute Gasteiger partial charge is 0.306 e. The molecule has 2 aliphatic rings. The predicted octanol–water partition coefficient (Wildman–Crippen LogP) is 3.29. The second kappa shape index (κ2) is 9.38. The van der Waals surface area contributed by atoms with Crippen LogP contribution in [0.25, 0.3) is 0 Å². The van der Waals surface area contributed by atoms with Crippen molar-refractivity contribution in [1.29, 1.82) is 0 Å². The molecule has 0 aromatic heterocycles. The van der Waals surface area contributed by atoms with Gasteiger partial charge in [-0.2, -0.15) is 0 Å². The van der Waals surface area contributed by atoms with Crippen molar-refractivity contribution in [1.82, 2.24) is 10.2 Å². The van der Waals surface area contributed by atoms with Crippen LogP contribution < -0.4 is 5.32 Å². The summed E-state index contributed by atoms with van der Waals surface area (Å²) in [5.41, 5.74) is 2.04. The van der Waals surface area contributed by atoms with Crippen LogP contribution in [-0.2, 0) is 4.79 Å². The minimum Gasteiger partial charge on any atom is -0.481 e. The Morgan fingerprint density at radius 1 is 1.00 bits per heavy atom. The summed E-state index contributed by atoms with van der Waals surface area (Å²) in [5.74, 6) is -0.324. The van der Waals surface area contributed by atoms with Crippen LogP contribution in [0, 0.1) is 5.92 Å². The SMILES string of the molecule is CN(C(=O)c1ccc(C2CCNCC2)cc1)[C@H]1CC[C@H](C(=O)O)CC1.Cl. The van der Waals surface area contributed by atoms with Crippen molar-refractivity contribution < 1.29 is 14.7 Å². The van der Waals surface area contributed by atoms with Gasteiger partial charge in [0.2, 0.25) is 0 Å². The number of nitrogens with zero attached hydrogens (tertiary/aromatic N) is 1. The zero-order chi connectivity index (χ0) is 17.8. The molecular weight excluding hydrogens is 352 g/mol. The highest BCUT2D eigenvalue weighted by atomic mass is 35.5. The lowest BCUT2D eigenvalue weighted by Gasteiger charge is -2.33. The highest BCUT2D eigenvalue weighted by Gasteiger charge is 2.30. The van der Waals surface area contributed by atoms with Gasteiger partial charge in [-0.25, -0.2) is 0 Å². The first-order valence-corrected chi connectivity index (χ1v) is 9.37. The molecule has 0 bridgehead atoms. The molecule has 0 radical (unpaired) electrons. The number of nitrogens with one attached hydrogen (secondary N) is 1. The summed E-state index contributed by atoms with van der Waals surface area (Å²) in [4.78, 5) is 25.6. The first kappa shape index (κ1) is 20.7. The molecule has 1 aliphatic carbocycles. The minimum absolute atomic E-state index is 0. The molecule has 0 unspecified atom stereocenters. The van der Waals surface area contributed by atoms with Crippen LogP contribution in [-0.4, -0.2) is 48.1 Å². The number of benzene rings is 1. The third kappa shape index (κ3) is 4.77. The molecule has 0 atom stereocenters. The Hall–Kier alpha value is -1.59. The molecule has 3 rings (SSSR count). The molecule has 1 amide bonds. The zero-order valence-corrected chi connectivity index (χ0v) is 16.1. The Labute approximate surface area is 161 Å². The zero-order valence-electron chi connectivity index (χ0n) is 15.3. The maximum atomic E-state index is 12.7. The maximum Gasteiger partial charge on any atom is 0.306 e. The van der Waals surface area contributed by atoms with E-state index in [4.69, 9.17) is 5.11 Å². The lowest BCUT2D eigenvalue weighted by Crippen LogP contribution is -2.40. The Kier molecular flexibility index (Phi) is 7.47. The molecule has 2 fully saturated rings. The van der Waals surface area contributed by atoms with Crippen molar-refractivity contribution >= 4 is 24.3 Å². The highest BCUT2D eigenvalue weighted by Crippen LogP contribution is 2.29. The molecule has 1 aromatic rings. The molecule has 6 heteroatoms. The van der Waals surface area contributed by atoms with Gasteiger partial charge in [-0.1, -0.05) is 12.1 Å². The topological polar surface area (TPSA) is 69.6 Å². The van der Waals surface area contributed by atoms with E-state index in [9.17, 15) is 9.59 Å². The van der Waals surface area contributed by atoms with Crippen LogP contribution in [0.3, 0.4) is 0 Å². The second-order valence-corrected chi connectivity index (χ2v) is 7.41. The molecule has 1 saturated carbocycles. The number of rotatable bonds is 4. The molecule has 26 heavy (non-hydrogen) atoms. The maximum absolute atomic E-state index is 12.7. The molecule has 1 aliphatic heterocycles. The van der Waals surface area contributed by atoms with Crippen LogP contribution in [0.2, 0.25) is 0 Å². The standard InChI is InChI=1S/C20H28N2O3.ClH/c1-22(18-8-6-17(7-9-18)20(24)25)19(23)16-4-2-14(3-5-16)15-10-12-21-13-11-15;/h2-5,15,17-18,21H,6-13H2,1H3,(H,24,25);1H/t17-,18-;. The van der Waals surface area contributed by atoms with Gasteiger partial charge in [-0.3, -0.25) is 9.59 Å². The Morgan fingerprint density at radius 2 is 1.58 bits per heavy atom. The van der Waals surface area contributed by atoms with Gasteiger partial charge in [-0.15, -0.1) is 12.4 Å². The van der Waals surface area contributed by atoms with E-state index in [2.05, 4.69) is 17.4 Å². The Morgan fingerprint density at radius 3 is 2.12 bits per heavy atom. The molecule has 5 nitrogen and oxygen atoms in total. The van der Waals surface area contributed by atoms with Crippen molar-refractivity contribution in [3.8, 4) is 0 Å². The van der Waals surface area contributed by atoms with Crippen LogP contribution >= 0.6 is 12.4 Å². The van der Waals surface area contributed by atoms with Crippen LogP contribution in [0.4, 0.5) is 0 Å². The number of hydrogen-bond acceptors (Lipinski definition) is 3. The molecule has 1 heterocycles. The normalized spacial score (nSPS) is 23.7. The Balaban J connectivity index is 0.00000243. The number of carbonyl (C=O) groups excluding carboxylic acids is 1. The number of piperidine rings is 1. The first-order chi connectivity index (χ1) is 12.1. The van der Waals surface area contributed by atoms with Crippen LogP contribution in [0.1, 0.15) is 60.4 Å². The fraction of sp³-hybridized carbons (Fsp3) is 0.600. The lowest BCUT2D eigenvalue weighted by molar-refractivity contribution is -0.143. The number of carboxylic acids is 1. The third-order valence-corrected chi connectivity index (χ3v) is 5.88. The van der Waals surface area contributed by atoms with E-state index in [0.29, 0.717) is 18.8 Å². The summed E-state index contributed by atoms with van der Waals surface area (Å²) < 4.78 is 0. The summed E-state index contributed by atoms with van der Waals surface area (Å²) in [6, 6.07) is 8.22. The van der Waals surface area contributed by atoms with Gasteiger partial charge in [0, 0.05) is 18.7 Å². The summed E-state index contributed by atoms with van der Waals surface area (Å²) >= 11 is 0. The van der Waals surface area contributed by atoms with Gasteiger partial charge in [-0.05, 0) is 75.2 Å². The molecule has 1 aromatic carbocycles. The number of hydrogen-bond donors (Lipinski definition) is 2. The largest absolute Gasteiger partial charge is 0.481 e. The molecule has 144 valence electrons. The fourth-order valence-electron chi connectivity index (χ4n) is 4.13. The second-order valence-electron chi connectivity index (χ2n) is 7.41. The van der Waals surface area contributed by atoms with E-state index in [0.717, 1.165) is 44.3 Å². The van der Waals surface area contributed by atoms with Gasteiger partial charge in [0.25, 0.3) is 5.91 Å². The van der Waals surface area contributed by atoms with Crippen molar-refractivity contribution in [3.05, 3.63) is 35.4 Å². The molecule has 2 N–H and O–H groups in total. The fourth-order valence-corrected chi connectivity index (χ4v) is 4.13. The summed E-state index contributed by atoms with van der Waals surface area (Å²) in [6.45, 7) is 2.13. The lowest BCUT2D eigenvalue weighted by atomic mass is 9.85. The summed E-state index contributed by atoms with van der Waals surface area (Å²) in [6.07, 6.45) is 5.16. The van der Waals surface area contributed by atoms with E-state index in [1.54, 1.807) is 4.90 Å². The quantitative estimate of drug-likeness (QED) is 0.840. The van der Waals surface area contributed by atoms with Crippen LogP contribution in [0.5, 0.6) is 0 Å². The minimum atomic E-state index is -0.707. The number of carbonyl (C=O) groups is 2. The molecule has 0 spiro atoms.